The molecule has 1 aliphatic rings. The molecular formula is C12H18ClNO2. The molecule has 0 fully saturated rings. The summed E-state index contributed by atoms with van der Waals surface area (Å²) in [6.07, 6.45) is 0. The summed E-state index contributed by atoms with van der Waals surface area (Å²) >= 11 is 0. The molecule has 2 rings (SSSR count). The van der Waals surface area contributed by atoms with Gasteiger partial charge < -0.3 is 14.8 Å². The van der Waals surface area contributed by atoms with E-state index in [4.69, 9.17) is 9.47 Å². The molecule has 0 atom stereocenters. The van der Waals surface area contributed by atoms with E-state index >= 15 is 0 Å². The molecule has 0 saturated carbocycles. The van der Waals surface area contributed by atoms with Crippen molar-refractivity contribution in [1.82, 2.24) is 0 Å². The standard InChI is InChI=1S/C12H17NO2.ClH/c1-9(2)8-13-10-4-3-5-11-12(10)15-7-6-14-11;/h3-5,9,13H,6-8H2,1-2H3;1H. The lowest BCUT2D eigenvalue weighted by atomic mass is 10.2. The first kappa shape index (κ1) is 13.0. The molecule has 16 heavy (non-hydrogen) atoms. The van der Waals surface area contributed by atoms with Crippen molar-refractivity contribution in [2.75, 3.05) is 25.1 Å². The molecule has 0 bridgehead atoms. The van der Waals surface area contributed by atoms with Gasteiger partial charge in [0.25, 0.3) is 0 Å². The Morgan fingerprint density at radius 1 is 1.25 bits per heavy atom. The van der Waals surface area contributed by atoms with E-state index in [2.05, 4.69) is 19.2 Å². The maximum absolute atomic E-state index is 5.60. The third-order valence-corrected chi connectivity index (χ3v) is 2.27. The van der Waals surface area contributed by atoms with Gasteiger partial charge in [-0.25, -0.2) is 0 Å². The molecule has 0 amide bonds. The molecule has 0 aromatic heterocycles. The van der Waals surface area contributed by atoms with Crippen LogP contribution in [0.5, 0.6) is 11.5 Å². The van der Waals surface area contributed by atoms with Crippen LogP contribution >= 0.6 is 12.4 Å². The van der Waals surface area contributed by atoms with E-state index in [-0.39, 0.29) is 12.4 Å². The molecule has 3 nitrogen and oxygen atoms in total. The Morgan fingerprint density at radius 3 is 2.75 bits per heavy atom. The van der Waals surface area contributed by atoms with E-state index in [0.717, 1.165) is 23.7 Å². The van der Waals surface area contributed by atoms with Gasteiger partial charge in [-0.2, -0.15) is 0 Å². The summed E-state index contributed by atoms with van der Waals surface area (Å²) in [5, 5.41) is 3.37. The highest BCUT2D eigenvalue weighted by atomic mass is 35.5. The number of hydrogen-bond donors (Lipinski definition) is 1. The molecule has 0 aliphatic carbocycles. The van der Waals surface area contributed by atoms with E-state index in [1.165, 1.54) is 0 Å². The van der Waals surface area contributed by atoms with Gasteiger partial charge in [0.15, 0.2) is 11.5 Å². The minimum absolute atomic E-state index is 0. The highest BCUT2D eigenvalue weighted by Gasteiger charge is 2.15. The summed E-state index contributed by atoms with van der Waals surface area (Å²) < 4.78 is 11.1. The third kappa shape index (κ3) is 2.95. The molecule has 4 heteroatoms. The normalized spacial score (nSPS) is 13.2. The first-order valence-corrected chi connectivity index (χ1v) is 5.40. The van der Waals surface area contributed by atoms with Crippen LogP contribution in [0.3, 0.4) is 0 Å². The molecule has 0 unspecified atom stereocenters. The smallest absolute Gasteiger partial charge is 0.184 e. The van der Waals surface area contributed by atoms with Gasteiger partial charge in [-0.3, -0.25) is 0 Å². The van der Waals surface area contributed by atoms with Crippen LogP contribution in [0.1, 0.15) is 13.8 Å². The highest BCUT2D eigenvalue weighted by Crippen LogP contribution is 2.37. The third-order valence-electron chi connectivity index (χ3n) is 2.27. The Balaban J connectivity index is 0.00000128. The average molecular weight is 244 g/mol. The van der Waals surface area contributed by atoms with Crippen LogP contribution in [0.25, 0.3) is 0 Å². The first-order valence-electron chi connectivity index (χ1n) is 5.40. The van der Waals surface area contributed by atoms with Gasteiger partial charge in [0.2, 0.25) is 0 Å². The average Bonchev–Trinajstić information content (AvgIpc) is 2.26. The molecule has 1 N–H and O–H groups in total. The van der Waals surface area contributed by atoms with E-state index < -0.39 is 0 Å². The fourth-order valence-electron chi connectivity index (χ4n) is 1.53. The quantitative estimate of drug-likeness (QED) is 0.886. The van der Waals surface area contributed by atoms with Crippen LogP contribution in [-0.2, 0) is 0 Å². The van der Waals surface area contributed by atoms with Gasteiger partial charge in [0.1, 0.15) is 13.2 Å². The number of fused-ring (bicyclic) bond motifs is 1. The number of ether oxygens (including phenoxy) is 2. The number of anilines is 1. The first-order chi connectivity index (χ1) is 7.27. The van der Waals surface area contributed by atoms with Crippen molar-refractivity contribution in [3.05, 3.63) is 18.2 Å². The number of rotatable bonds is 3. The van der Waals surface area contributed by atoms with Gasteiger partial charge >= 0.3 is 0 Å². The molecule has 0 spiro atoms. The summed E-state index contributed by atoms with van der Waals surface area (Å²) in [5.41, 5.74) is 1.03. The van der Waals surface area contributed by atoms with Crippen LogP contribution in [-0.4, -0.2) is 19.8 Å². The van der Waals surface area contributed by atoms with E-state index in [9.17, 15) is 0 Å². The minimum atomic E-state index is 0. The SMILES string of the molecule is CC(C)CNc1cccc2c1OCCO2.Cl. The van der Waals surface area contributed by atoms with Crippen LogP contribution in [0.15, 0.2) is 18.2 Å². The minimum Gasteiger partial charge on any atom is -0.486 e. The van der Waals surface area contributed by atoms with Gasteiger partial charge in [-0.05, 0) is 18.1 Å². The number of para-hydroxylation sites is 1. The summed E-state index contributed by atoms with van der Waals surface area (Å²) in [6.45, 7) is 6.58. The maximum Gasteiger partial charge on any atom is 0.184 e. The van der Waals surface area contributed by atoms with Crippen molar-refractivity contribution in [3.8, 4) is 11.5 Å². The maximum atomic E-state index is 5.60. The van der Waals surface area contributed by atoms with Crippen LogP contribution in [0.4, 0.5) is 5.69 Å². The fraction of sp³-hybridized carbons (Fsp3) is 0.500. The second-order valence-electron chi connectivity index (χ2n) is 4.10. The van der Waals surface area contributed by atoms with Crippen molar-refractivity contribution in [2.24, 2.45) is 5.92 Å². The van der Waals surface area contributed by atoms with Crippen molar-refractivity contribution < 1.29 is 9.47 Å². The monoisotopic (exact) mass is 243 g/mol. The molecule has 1 heterocycles. The van der Waals surface area contributed by atoms with Crippen molar-refractivity contribution in [3.63, 3.8) is 0 Å². The number of benzene rings is 1. The zero-order valence-electron chi connectivity index (χ0n) is 9.66. The van der Waals surface area contributed by atoms with E-state index in [1.54, 1.807) is 0 Å². The second kappa shape index (κ2) is 5.85. The number of hydrogen-bond acceptors (Lipinski definition) is 3. The lowest BCUT2D eigenvalue weighted by Crippen LogP contribution is -2.17. The topological polar surface area (TPSA) is 30.5 Å². The molecule has 1 aliphatic heterocycles. The van der Waals surface area contributed by atoms with Crippen molar-refractivity contribution in [1.29, 1.82) is 0 Å². The lowest BCUT2D eigenvalue weighted by Gasteiger charge is -2.21. The largest absolute Gasteiger partial charge is 0.486 e. The van der Waals surface area contributed by atoms with Gasteiger partial charge in [0, 0.05) is 6.54 Å². The molecule has 1 aromatic rings. The predicted molar refractivity (Wildman–Crippen MR) is 68.0 cm³/mol. The summed E-state index contributed by atoms with van der Waals surface area (Å²) in [6, 6.07) is 5.95. The van der Waals surface area contributed by atoms with Crippen LogP contribution < -0.4 is 14.8 Å². The van der Waals surface area contributed by atoms with Gasteiger partial charge in [0.05, 0.1) is 5.69 Å². The number of halogens is 1. The Hall–Kier alpha value is -1.09. The Labute approximate surface area is 103 Å². The molecule has 0 saturated heterocycles. The molecule has 1 aromatic carbocycles. The predicted octanol–water partition coefficient (Wildman–Crippen LogP) is 2.95. The second-order valence-corrected chi connectivity index (χ2v) is 4.10. The van der Waals surface area contributed by atoms with Gasteiger partial charge in [-0.1, -0.05) is 19.9 Å². The van der Waals surface area contributed by atoms with Gasteiger partial charge in [-0.15, -0.1) is 12.4 Å². The zero-order valence-corrected chi connectivity index (χ0v) is 10.5. The Bertz CT molecular complexity index is 342. The van der Waals surface area contributed by atoms with Crippen molar-refractivity contribution in [2.45, 2.75) is 13.8 Å². The number of nitrogens with one attached hydrogen (secondary N) is 1. The van der Waals surface area contributed by atoms with Crippen molar-refractivity contribution >= 4 is 18.1 Å². The Morgan fingerprint density at radius 2 is 2.00 bits per heavy atom. The van der Waals surface area contributed by atoms with Crippen LogP contribution in [0, 0.1) is 5.92 Å². The zero-order chi connectivity index (χ0) is 10.7. The molecular weight excluding hydrogens is 226 g/mol. The lowest BCUT2D eigenvalue weighted by molar-refractivity contribution is 0.172. The van der Waals surface area contributed by atoms with E-state index in [0.29, 0.717) is 19.1 Å². The summed E-state index contributed by atoms with van der Waals surface area (Å²) in [4.78, 5) is 0. The summed E-state index contributed by atoms with van der Waals surface area (Å²) in [5.74, 6) is 2.31. The van der Waals surface area contributed by atoms with Crippen LogP contribution in [0.2, 0.25) is 0 Å². The fourth-order valence-corrected chi connectivity index (χ4v) is 1.53. The highest BCUT2D eigenvalue weighted by molar-refractivity contribution is 5.85. The molecule has 0 radical (unpaired) electrons. The Kier molecular flexibility index (Phi) is 4.74. The summed E-state index contributed by atoms with van der Waals surface area (Å²) in [7, 11) is 0. The molecule has 90 valence electrons. The van der Waals surface area contributed by atoms with E-state index in [1.807, 2.05) is 18.2 Å².